The van der Waals surface area contributed by atoms with Gasteiger partial charge in [-0.1, -0.05) is 26.8 Å². The topological polar surface area (TPSA) is 24.5 Å². The Labute approximate surface area is 124 Å². The largest absolute Gasteiger partial charge is 0.383 e. The van der Waals surface area contributed by atoms with Crippen LogP contribution in [0.3, 0.4) is 0 Å². The van der Waals surface area contributed by atoms with Crippen molar-refractivity contribution in [1.29, 1.82) is 0 Å². The van der Waals surface area contributed by atoms with Crippen molar-refractivity contribution < 1.29 is 4.74 Å². The zero-order valence-electron chi connectivity index (χ0n) is 13.9. The molecule has 0 radical (unpaired) electrons. The molecule has 1 aromatic carbocycles. The molecule has 3 heteroatoms. The van der Waals surface area contributed by atoms with Crippen molar-refractivity contribution in [2.24, 2.45) is 5.41 Å². The molecule has 0 atom stereocenters. The molecule has 1 rings (SSSR count). The van der Waals surface area contributed by atoms with Crippen molar-refractivity contribution in [2.45, 2.75) is 34.2 Å². The first-order valence-electron chi connectivity index (χ1n) is 7.34. The molecular weight excluding hydrogens is 248 g/mol. The van der Waals surface area contributed by atoms with E-state index in [1.54, 1.807) is 7.11 Å². The highest BCUT2D eigenvalue weighted by atomic mass is 16.5. The van der Waals surface area contributed by atoms with Crippen molar-refractivity contribution in [3.8, 4) is 0 Å². The third kappa shape index (κ3) is 5.93. The molecule has 20 heavy (non-hydrogen) atoms. The lowest BCUT2D eigenvalue weighted by molar-refractivity contribution is 0.199. The average molecular weight is 278 g/mol. The number of rotatable bonds is 7. The average Bonchev–Trinajstić information content (AvgIpc) is 2.34. The summed E-state index contributed by atoms with van der Waals surface area (Å²) in [6, 6.07) is 6.72. The normalized spacial score (nSPS) is 11.7. The molecule has 0 heterocycles. The number of nitrogens with one attached hydrogen (secondary N) is 1. The van der Waals surface area contributed by atoms with E-state index in [0.717, 1.165) is 26.2 Å². The quantitative estimate of drug-likeness (QED) is 0.775. The van der Waals surface area contributed by atoms with Gasteiger partial charge in [0.15, 0.2) is 0 Å². The van der Waals surface area contributed by atoms with Gasteiger partial charge in [0.05, 0.1) is 6.61 Å². The van der Waals surface area contributed by atoms with Gasteiger partial charge < -0.3 is 15.0 Å². The monoisotopic (exact) mass is 278 g/mol. The molecule has 0 aliphatic rings. The van der Waals surface area contributed by atoms with Gasteiger partial charge in [0.25, 0.3) is 0 Å². The second-order valence-corrected chi connectivity index (χ2v) is 6.70. The van der Waals surface area contributed by atoms with E-state index in [-0.39, 0.29) is 0 Å². The Bertz CT molecular complexity index is 410. The molecule has 0 saturated heterocycles. The number of methoxy groups -OCH3 is 1. The van der Waals surface area contributed by atoms with Crippen LogP contribution in [0.4, 0.5) is 5.69 Å². The highest BCUT2D eigenvalue weighted by molar-refractivity contribution is 5.50. The fourth-order valence-corrected chi connectivity index (χ4v) is 2.32. The zero-order valence-corrected chi connectivity index (χ0v) is 13.9. The summed E-state index contributed by atoms with van der Waals surface area (Å²) in [6.45, 7) is 12.6. The third-order valence-corrected chi connectivity index (χ3v) is 3.28. The van der Waals surface area contributed by atoms with Crippen LogP contribution in [-0.4, -0.2) is 33.9 Å². The summed E-state index contributed by atoms with van der Waals surface area (Å²) >= 11 is 0. The number of anilines is 1. The Morgan fingerprint density at radius 2 is 1.95 bits per heavy atom. The van der Waals surface area contributed by atoms with Crippen LogP contribution in [0, 0.1) is 12.3 Å². The van der Waals surface area contributed by atoms with Crippen LogP contribution < -0.4 is 10.2 Å². The smallest absolute Gasteiger partial charge is 0.0587 e. The van der Waals surface area contributed by atoms with E-state index in [1.807, 2.05) is 0 Å². The number of benzene rings is 1. The van der Waals surface area contributed by atoms with Crippen molar-refractivity contribution >= 4 is 5.69 Å². The molecule has 0 aliphatic heterocycles. The minimum Gasteiger partial charge on any atom is -0.383 e. The van der Waals surface area contributed by atoms with Gasteiger partial charge >= 0.3 is 0 Å². The SMILES string of the molecule is COCCNCc1ccc(N(C)CC(C)(C)C)cc1C. The molecule has 0 aromatic heterocycles. The van der Waals surface area contributed by atoms with Gasteiger partial charge in [-0.25, -0.2) is 0 Å². The first-order chi connectivity index (χ1) is 9.33. The maximum Gasteiger partial charge on any atom is 0.0587 e. The standard InChI is InChI=1S/C17H30N2O/c1-14-11-16(19(5)13-17(2,3)4)8-7-15(14)12-18-9-10-20-6/h7-8,11,18H,9-10,12-13H2,1-6H3. The summed E-state index contributed by atoms with van der Waals surface area (Å²) in [7, 11) is 3.89. The highest BCUT2D eigenvalue weighted by Crippen LogP contribution is 2.22. The van der Waals surface area contributed by atoms with Crippen LogP contribution in [0.2, 0.25) is 0 Å². The fraction of sp³-hybridized carbons (Fsp3) is 0.647. The van der Waals surface area contributed by atoms with E-state index in [0.29, 0.717) is 5.41 Å². The summed E-state index contributed by atoms with van der Waals surface area (Å²) in [6.07, 6.45) is 0. The second-order valence-electron chi connectivity index (χ2n) is 6.70. The Kier molecular flexibility index (Phi) is 6.50. The van der Waals surface area contributed by atoms with E-state index in [4.69, 9.17) is 4.74 Å². The van der Waals surface area contributed by atoms with Crippen molar-refractivity contribution in [2.75, 3.05) is 38.8 Å². The van der Waals surface area contributed by atoms with Gasteiger partial charge in [0.2, 0.25) is 0 Å². The lowest BCUT2D eigenvalue weighted by Crippen LogP contribution is -2.29. The predicted octanol–water partition coefficient (Wildman–Crippen LogP) is 3.21. The maximum atomic E-state index is 5.04. The number of hydrogen-bond acceptors (Lipinski definition) is 3. The van der Waals surface area contributed by atoms with Gasteiger partial charge in [-0.3, -0.25) is 0 Å². The molecule has 0 amide bonds. The van der Waals surface area contributed by atoms with Crippen molar-refractivity contribution in [1.82, 2.24) is 5.32 Å². The minimum absolute atomic E-state index is 0.309. The molecule has 3 nitrogen and oxygen atoms in total. The van der Waals surface area contributed by atoms with E-state index in [1.165, 1.54) is 16.8 Å². The Balaban J connectivity index is 2.63. The van der Waals surface area contributed by atoms with Crippen LogP contribution in [0.15, 0.2) is 18.2 Å². The fourth-order valence-electron chi connectivity index (χ4n) is 2.32. The van der Waals surface area contributed by atoms with E-state index < -0.39 is 0 Å². The molecule has 0 unspecified atom stereocenters. The van der Waals surface area contributed by atoms with E-state index >= 15 is 0 Å². The molecule has 114 valence electrons. The molecule has 1 aromatic rings. The summed E-state index contributed by atoms with van der Waals surface area (Å²) in [5.74, 6) is 0. The van der Waals surface area contributed by atoms with Crippen LogP contribution >= 0.6 is 0 Å². The number of aryl methyl sites for hydroxylation is 1. The molecule has 0 aliphatic carbocycles. The lowest BCUT2D eigenvalue weighted by Gasteiger charge is -2.28. The Hall–Kier alpha value is -1.06. The van der Waals surface area contributed by atoms with E-state index in [9.17, 15) is 0 Å². The summed E-state index contributed by atoms with van der Waals surface area (Å²) < 4.78 is 5.04. The van der Waals surface area contributed by atoms with Gasteiger partial charge in [0.1, 0.15) is 0 Å². The first-order valence-corrected chi connectivity index (χ1v) is 7.34. The van der Waals surface area contributed by atoms with Gasteiger partial charge in [-0.2, -0.15) is 0 Å². The molecular formula is C17H30N2O. The van der Waals surface area contributed by atoms with Crippen LogP contribution in [-0.2, 0) is 11.3 Å². The van der Waals surface area contributed by atoms with Crippen LogP contribution in [0.1, 0.15) is 31.9 Å². The minimum atomic E-state index is 0.309. The molecule has 0 fully saturated rings. The summed E-state index contributed by atoms with van der Waals surface area (Å²) in [5.41, 5.74) is 4.29. The molecule has 0 saturated carbocycles. The Morgan fingerprint density at radius 3 is 2.50 bits per heavy atom. The number of hydrogen-bond donors (Lipinski definition) is 1. The molecule has 1 N–H and O–H groups in total. The second kappa shape index (κ2) is 7.65. The van der Waals surface area contributed by atoms with Crippen molar-refractivity contribution in [3.05, 3.63) is 29.3 Å². The molecule has 0 spiro atoms. The number of ether oxygens (including phenoxy) is 1. The van der Waals surface area contributed by atoms with Crippen LogP contribution in [0.5, 0.6) is 0 Å². The lowest BCUT2D eigenvalue weighted by atomic mass is 9.96. The molecule has 0 bridgehead atoms. The summed E-state index contributed by atoms with van der Waals surface area (Å²) in [5, 5.41) is 3.39. The first kappa shape index (κ1) is 17.0. The van der Waals surface area contributed by atoms with Gasteiger partial charge in [-0.15, -0.1) is 0 Å². The van der Waals surface area contributed by atoms with E-state index in [2.05, 4.69) is 63.2 Å². The van der Waals surface area contributed by atoms with Gasteiger partial charge in [-0.05, 0) is 35.6 Å². The van der Waals surface area contributed by atoms with Crippen molar-refractivity contribution in [3.63, 3.8) is 0 Å². The van der Waals surface area contributed by atoms with Crippen LogP contribution in [0.25, 0.3) is 0 Å². The third-order valence-electron chi connectivity index (χ3n) is 3.28. The maximum absolute atomic E-state index is 5.04. The zero-order chi connectivity index (χ0) is 15.2. The number of nitrogens with zero attached hydrogens (tertiary/aromatic N) is 1. The summed E-state index contributed by atoms with van der Waals surface area (Å²) in [4.78, 5) is 2.33. The highest BCUT2D eigenvalue weighted by Gasteiger charge is 2.14. The van der Waals surface area contributed by atoms with Gasteiger partial charge in [0, 0.05) is 39.5 Å². The Morgan fingerprint density at radius 1 is 1.25 bits per heavy atom. The predicted molar refractivity (Wildman–Crippen MR) is 87.5 cm³/mol.